The average Bonchev–Trinajstić information content (AvgIpc) is 3.33. The van der Waals surface area contributed by atoms with E-state index < -0.39 is 10.0 Å². The topological polar surface area (TPSA) is 69.7 Å². The van der Waals surface area contributed by atoms with Gasteiger partial charge in [-0.2, -0.15) is 0 Å². The van der Waals surface area contributed by atoms with Crippen molar-refractivity contribution in [1.82, 2.24) is 4.31 Å². The molecule has 3 heterocycles. The standard InChI is InChI=1S/C26H29N3O3S2/c30-26(21-10-15-29(16-11-21)34(31,32)19-20-6-2-1-3-7-20)27-23-8-4-5-9-24(23)28-14-12-25-22(18-28)13-17-33-25/h1-9,13,17,21H,10-12,14-16,18-19H2,(H,27,30). The van der Waals surface area contributed by atoms with Crippen molar-refractivity contribution < 1.29 is 13.2 Å². The zero-order valence-electron chi connectivity index (χ0n) is 19.0. The van der Waals surface area contributed by atoms with Crippen molar-refractivity contribution in [2.45, 2.75) is 31.6 Å². The normalized spacial score (nSPS) is 17.4. The van der Waals surface area contributed by atoms with Crippen LogP contribution in [-0.2, 0) is 33.5 Å². The monoisotopic (exact) mass is 495 g/mol. The van der Waals surface area contributed by atoms with Gasteiger partial charge in [0.1, 0.15) is 0 Å². The third-order valence-corrected chi connectivity index (χ3v) is 9.59. The first-order chi connectivity index (χ1) is 16.5. The van der Waals surface area contributed by atoms with Gasteiger partial charge in [0.2, 0.25) is 15.9 Å². The predicted octanol–water partition coefficient (Wildman–Crippen LogP) is 4.49. The van der Waals surface area contributed by atoms with Crippen molar-refractivity contribution in [2.75, 3.05) is 29.9 Å². The summed E-state index contributed by atoms with van der Waals surface area (Å²) in [7, 11) is -3.39. The third kappa shape index (κ3) is 5.04. The molecule has 0 bridgehead atoms. The maximum Gasteiger partial charge on any atom is 0.227 e. The van der Waals surface area contributed by atoms with E-state index in [0.29, 0.717) is 25.9 Å². The van der Waals surface area contributed by atoms with Gasteiger partial charge in [0.15, 0.2) is 0 Å². The van der Waals surface area contributed by atoms with E-state index in [4.69, 9.17) is 0 Å². The maximum atomic E-state index is 13.1. The SMILES string of the molecule is O=C(Nc1ccccc1N1CCc2sccc2C1)C1CCN(S(=O)(=O)Cc2ccccc2)CC1. The van der Waals surface area contributed by atoms with Crippen LogP contribution in [0.25, 0.3) is 0 Å². The molecule has 0 saturated carbocycles. The van der Waals surface area contributed by atoms with Gasteiger partial charge in [-0.3, -0.25) is 4.79 Å². The van der Waals surface area contributed by atoms with Gasteiger partial charge in [0, 0.05) is 37.0 Å². The molecule has 1 amide bonds. The fourth-order valence-electron chi connectivity index (χ4n) is 4.82. The third-order valence-electron chi connectivity index (χ3n) is 6.72. The molecule has 2 aliphatic rings. The molecule has 2 aromatic carbocycles. The molecule has 2 aliphatic heterocycles. The fraction of sp³-hybridized carbons (Fsp3) is 0.346. The number of anilines is 2. The zero-order valence-corrected chi connectivity index (χ0v) is 20.7. The number of nitrogens with zero attached hydrogens (tertiary/aromatic N) is 2. The smallest absolute Gasteiger partial charge is 0.227 e. The molecule has 0 spiro atoms. The lowest BCUT2D eigenvalue weighted by atomic mass is 9.97. The molecule has 1 fully saturated rings. The van der Waals surface area contributed by atoms with Crippen LogP contribution in [0.15, 0.2) is 66.0 Å². The molecule has 178 valence electrons. The Bertz CT molecular complexity index is 1250. The second kappa shape index (κ2) is 9.90. The van der Waals surface area contributed by atoms with Crippen LogP contribution in [0.5, 0.6) is 0 Å². The van der Waals surface area contributed by atoms with E-state index >= 15 is 0 Å². The number of benzene rings is 2. The molecule has 1 saturated heterocycles. The first kappa shape index (κ1) is 23.1. The Morgan fingerprint density at radius 3 is 2.50 bits per heavy atom. The Balaban J connectivity index is 1.20. The average molecular weight is 496 g/mol. The van der Waals surface area contributed by atoms with E-state index in [-0.39, 0.29) is 17.6 Å². The fourth-order valence-corrected chi connectivity index (χ4v) is 7.27. The minimum Gasteiger partial charge on any atom is -0.365 e. The summed E-state index contributed by atoms with van der Waals surface area (Å²) in [6.07, 6.45) is 2.08. The molecular formula is C26H29N3O3S2. The van der Waals surface area contributed by atoms with Gasteiger partial charge >= 0.3 is 0 Å². The second-order valence-corrected chi connectivity index (χ2v) is 11.9. The van der Waals surface area contributed by atoms with Gasteiger partial charge < -0.3 is 10.2 Å². The summed E-state index contributed by atoms with van der Waals surface area (Å²) in [4.78, 5) is 16.9. The minimum atomic E-state index is -3.39. The van der Waals surface area contributed by atoms with E-state index in [1.807, 2.05) is 59.9 Å². The van der Waals surface area contributed by atoms with Crippen molar-refractivity contribution in [3.8, 4) is 0 Å². The van der Waals surface area contributed by atoms with Gasteiger partial charge in [-0.25, -0.2) is 12.7 Å². The highest BCUT2D eigenvalue weighted by Gasteiger charge is 2.31. The molecule has 34 heavy (non-hydrogen) atoms. The van der Waals surface area contributed by atoms with E-state index in [1.54, 1.807) is 0 Å². The van der Waals surface area contributed by atoms with Crippen molar-refractivity contribution in [3.05, 3.63) is 82.0 Å². The molecule has 0 unspecified atom stereocenters. The molecule has 3 aromatic rings. The van der Waals surface area contributed by atoms with E-state index in [1.165, 1.54) is 14.7 Å². The largest absolute Gasteiger partial charge is 0.365 e. The molecule has 0 aliphatic carbocycles. The van der Waals surface area contributed by atoms with Crippen LogP contribution >= 0.6 is 11.3 Å². The summed E-state index contributed by atoms with van der Waals surface area (Å²) in [6.45, 7) is 2.53. The summed E-state index contributed by atoms with van der Waals surface area (Å²) >= 11 is 1.82. The maximum absolute atomic E-state index is 13.1. The summed E-state index contributed by atoms with van der Waals surface area (Å²) in [5.74, 6) is -0.221. The van der Waals surface area contributed by atoms with Gasteiger partial charge in [-0.05, 0) is 54.0 Å². The summed E-state index contributed by atoms with van der Waals surface area (Å²) in [5.41, 5.74) is 4.01. The number of piperidine rings is 1. The molecule has 1 aromatic heterocycles. The number of sulfonamides is 1. The number of nitrogens with one attached hydrogen (secondary N) is 1. The number of thiophene rings is 1. The molecule has 0 radical (unpaired) electrons. The van der Waals surface area contributed by atoms with Crippen LogP contribution in [0, 0.1) is 5.92 Å². The Morgan fingerprint density at radius 1 is 0.971 bits per heavy atom. The molecule has 6 nitrogen and oxygen atoms in total. The number of hydrogen-bond donors (Lipinski definition) is 1. The van der Waals surface area contributed by atoms with Crippen LogP contribution in [0.1, 0.15) is 28.8 Å². The molecule has 1 N–H and O–H groups in total. The highest BCUT2D eigenvalue weighted by atomic mass is 32.2. The number of fused-ring (bicyclic) bond motifs is 1. The Hall–Kier alpha value is -2.68. The van der Waals surface area contributed by atoms with Crippen molar-refractivity contribution >= 4 is 38.6 Å². The Labute approximate surface area is 205 Å². The highest BCUT2D eigenvalue weighted by Crippen LogP contribution is 2.33. The minimum absolute atomic E-state index is 0.000241. The number of amides is 1. The van der Waals surface area contributed by atoms with E-state index in [9.17, 15) is 13.2 Å². The second-order valence-electron chi connectivity index (χ2n) is 8.96. The molecule has 5 rings (SSSR count). The number of carbonyl (C=O) groups excluding carboxylic acids is 1. The summed E-state index contributed by atoms with van der Waals surface area (Å²) in [6, 6.07) is 19.4. The number of rotatable bonds is 6. The quantitative estimate of drug-likeness (QED) is 0.547. The van der Waals surface area contributed by atoms with Gasteiger partial charge in [0.05, 0.1) is 17.1 Å². The van der Waals surface area contributed by atoms with Crippen LogP contribution in [0.3, 0.4) is 0 Å². The number of hydrogen-bond acceptors (Lipinski definition) is 5. The number of carbonyl (C=O) groups is 1. The lowest BCUT2D eigenvalue weighted by Gasteiger charge is -2.32. The summed E-state index contributed by atoms with van der Waals surface area (Å²) < 4.78 is 27.2. The van der Waals surface area contributed by atoms with Gasteiger partial charge in [-0.15, -0.1) is 11.3 Å². The van der Waals surface area contributed by atoms with Gasteiger partial charge in [0.25, 0.3) is 0 Å². The lowest BCUT2D eigenvalue weighted by molar-refractivity contribution is -0.120. The first-order valence-corrected chi connectivity index (χ1v) is 14.2. The van der Waals surface area contributed by atoms with E-state index in [0.717, 1.165) is 36.4 Å². The first-order valence-electron chi connectivity index (χ1n) is 11.7. The van der Waals surface area contributed by atoms with Crippen LogP contribution in [0.2, 0.25) is 0 Å². The van der Waals surface area contributed by atoms with Crippen molar-refractivity contribution in [2.24, 2.45) is 5.92 Å². The van der Waals surface area contributed by atoms with E-state index in [2.05, 4.69) is 27.7 Å². The molecular weight excluding hydrogens is 466 g/mol. The van der Waals surface area contributed by atoms with Crippen LogP contribution in [-0.4, -0.2) is 38.3 Å². The number of para-hydroxylation sites is 2. The van der Waals surface area contributed by atoms with Gasteiger partial charge in [-0.1, -0.05) is 42.5 Å². The van der Waals surface area contributed by atoms with Crippen LogP contribution in [0.4, 0.5) is 11.4 Å². The Kier molecular flexibility index (Phi) is 6.72. The molecule has 8 heteroatoms. The zero-order chi connectivity index (χ0) is 23.5. The lowest BCUT2D eigenvalue weighted by Crippen LogP contribution is -2.42. The van der Waals surface area contributed by atoms with Crippen LogP contribution < -0.4 is 10.2 Å². The highest BCUT2D eigenvalue weighted by molar-refractivity contribution is 7.88. The molecule has 0 atom stereocenters. The Morgan fingerprint density at radius 2 is 1.71 bits per heavy atom. The summed E-state index contributed by atoms with van der Waals surface area (Å²) in [5, 5.41) is 5.29. The van der Waals surface area contributed by atoms with Crippen molar-refractivity contribution in [1.29, 1.82) is 0 Å². The van der Waals surface area contributed by atoms with Crippen molar-refractivity contribution in [3.63, 3.8) is 0 Å². The predicted molar refractivity (Wildman–Crippen MR) is 138 cm³/mol.